The molecule has 0 saturated heterocycles. The number of esters is 1. The van der Waals surface area contributed by atoms with Crippen LogP contribution in [0.25, 0.3) is 0 Å². The van der Waals surface area contributed by atoms with E-state index in [9.17, 15) is 14.7 Å². The highest BCUT2D eigenvalue weighted by molar-refractivity contribution is 9.10. The number of allylic oxidation sites excluding steroid dienone is 3. The first-order valence-corrected chi connectivity index (χ1v) is 12.7. The zero-order valence-corrected chi connectivity index (χ0v) is 23.0. The lowest BCUT2D eigenvalue weighted by Crippen LogP contribution is -2.36. The Morgan fingerprint density at radius 3 is 2.41 bits per heavy atom. The highest BCUT2D eigenvalue weighted by Crippen LogP contribution is 2.48. The van der Waals surface area contributed by atoms with Gasteiger partial charge in [-0.15, -0.1) is 0 Å². The smallest absolute Gasteiger partial charge is 0.336 e. The minimum absolute atomic E-state index is 0.0439. The van der Waals surface area contributed by atoms with Gasteiger partial charge in [-0.05, 0) is 77.5 Å². The highest BCUT2D eigenvalue weighted by atomic mass is 79.9. The van der Waals surface area contributed by atoms with E-state index in [0.29, 0.717) is 51.4 Å². The van der Waals surface area contributed by atoms with Gasteiger partial charge in [0, 0.05) is 29.3 Å². The zero-order valence-electron chi connectivity index (χ0n) is 21.4. The number of rotatable bonds is 7. The van der Waals surface area contributed by atoms with E-state index in [1.807, 2.05) is 25.1 Å². The monoisotopic (exact) mass is 571 g/mol. The molecule has 1 aliphatic carbocycles. The van der Waals surface area contributed by atoms with E-state index in [1.165, 1.54) is 7.11 Å². The van der Waals surface area contributed by atoms with Crippen molar-refractivity contribution in [2.75, 3.05) is 27.9 Å². The Morgan fingerprint density at radius 1 is 1.05 bits per heavy atom. The van der Waals surface area contributed by atoms with Gasteiger partial charge in [-0.25, -0.2) is 4.79 Å². The molecule has 0 spiro atoms. The molecular formula is C28H30BrNO7. The Morgan fingerprint density at radius 2 is 1.76 bits per heavy atom. The maximum Gasteiger partial charge on any atom is 0.336 e. The molecule has 9 heteroatoms. The molecule has 37 heavy (non-hydrogen) atoms. The van der Waals surface area contributed by atoms with Crippen molar-refractivity contribution in [1.29, 1.82) is 0 Å². The molecule has 1 aliphatic heterocycles. The molecule has 1 heterocycles. The number of ether oxygens (including phenoxy) is 4. The van der Waals surface area contributed by atoms with Crippen molar-refractivity contribution >= 4 is 27.7 Å². The van der Waals surface area contributed by atoms with E-state index < -0.39 is 11.9 Å². The lowest BCUT2D eigenvalue weighted by atomic mass is 9.71. The average molecular weight is 572 g/mol. The number of carbonyl (C=O) groups excluding carboxylic acids is 2. The molecule has 2 aliphatic rings. The van der Waals surface area contributed by atoms with E-state index in [0.717, 1.165) is 11.3 Å². The van der Waals surface area contributed by atoms with Gasteiger partial charge in [0.1, 0.15) is 0 Å². The molecule has 0 amide bonds. The van der Waals surface area contributed by atoms with Crippen molar-refractivity contribution in [2.24, 2.45) is 0 Å². The first-order valence-electron chi connectivity index (χ1n) is 11.9. The van der Waals surface area contributed by atoms with Gasteiger partial charge in [0.15, 0.2) is 28.8 Å². The molecule has 8 nitrogen and oxygen atoms in total. The third kappa shape index (κ3) is 4.92. The Hall–Kier alpha value is -3.46. The van der Waals surface area contributed by atoms with Crippen molar-refractivity contribution in [2.45, 2.75) is 38.5 Å². The molecule has 0 bridgehead atoms. The summed E-state index contributed by atoms with van der Waals surface area (Å²) in [5, 5.41) is 13.8. The first-order chi connectivity index (χ1) is 17.7. The van der Waals surface area contributed by atoms with Gasteiger partial charge >= 0.3 is 5.97 Å². The topological polar surface area (TPSA) is 103 Å². The molecule has 2 N–H and O–H groups in total. The lowest BCUT2D eigenvalue weighted by Gasteiger charge is -2.36. The number of methoxy groups -OCH3 is 3. The summed E-state index contributed by atoms with van der Waals surface area (Å²) >= 11 is 3.39. The van der Waals surface area contributed by atoms with Crippen LogP contribution in [0.5, 0.6) is 23.0 Å². The number of halogens is 1. The molecule has 2 unspecified atom stereocenters. The molecule has 4 rings (SSSR count). The average Bonchev–Trinajstić information content (AvgIpc) is 2.89. The van der Waals surface area contributed by atoms with E-state index in [4.69, 9.17) is 18.9 Å². The number of phenolic OH excluding ortho intramolecular Hbond substituents is 1. The Bertz CT molecular complexity index is 1310. The van der Waals surface area contributed by atoms with Crippen LogP contribution in [-0.2, 0) is 14.3 Å². The van der Waals surface area contributed by atoms with Crippen molar-refractivity contribution in [3.05, 3.63) is 68.5 Å². The molecule has 0 fully saturated rings. The van der Waals surface area contributed by atoms with Gasteiger partial charge in [-0.3, -0.25) is 4.79 Å². The number of hydrogen-bond acceptors (Lipinski definition) is 8. The predicted octanol–water partition coefficient (Wildman–Crippen LogP) is 5.11. The number of ketones is 1. The number of phenols is 1. The number of carbonyl (C=O) groups is 2. The Balaban J connectivity index is 1.83. The largest absolute Gasteiger partial charge is 0.503 e. The molecular weight excluding hydrogens is 542 g/mol. The fraction of sp³-hybridized carbons (Fsp3) is 0.357. The minimum Gasteiger partial charge on any atom is -0.503 e. The number of Topliss-reactive ketones (excluding diaryl/α,β-unsaturated/α-hetero) is 1. The van der Waals surface area contributed by atoms with Crippen LogP contribution in [0.4, 0.5) is 0 Å². The second kappa shape index (κ2) is 10.9. The third-order valence-electron chi connectivity index (χ3n) is 6.80. The van der Waals surface area contributed by atoms with Crippen LogP contribution in [0.1, 0.15) is 49.7 Å². The van der Waals surface area contributed by atoms with Crippen molar-refractivity contribution < 1.29 is 33.6 Å². The number of hydrogen-bond donors (Lipinski definition) is 2. The standard InChI is InChI=1S/C28H30BrNO7/c1-6-37-23-13-17(9-18(29)27(23)32)25-24(28(33)36-5)14(2)30-19-10-16(11-20(31)26(19)25)15-7-8-21(34-3)22(12-15)35-4/h7-9,12-13,16,25,30,32H,6,10-11H2,1-5H3. The van der Waals surface area contributed by atoms with E-state index in [-0.39, 0.29) is 29.6 Å². The van der Waals surface area contributed by atoms with Gasteiger partial charge in [0.2, 0.25) is 0 Å². The summed E-state index contributed by atoms with van der Waals surface area (Å²) in [6.45, 7) is 3.95. The van der Waals surface area contributed by atoms with Crippen LogP contribution >= 0.6 is 15.9 Å². The molecule has 2 aromatic carbocycles. The summed E-state index contributed by atoms with van der Waals surface area (Å²) in [4.78, 5) is 26.7. The number of aromatic hydroxyl groups is 1. The third-order valence-corrected chi connectivity index (χ3v) is 7.40. The first kappa shape index (κ1) is 26.6. The molecule has 2 aromatic rings. The van der Waals surface area contributed by atoms with Crippen LogP contribution in [0.3, 0.4) is 0 Å². The number of dihydropyridines is 1. The van der Waals surface area contributed by atoms with Crippen LogP contribution < -0.4 is 19.5 Å². The van der Waals surface area contributed by atoms with Gasteiger partial charge in [-0.2, -0.15) is 0 Å². The van der Waals surface area contributed by atoms with Crippen LogP contribution in [0.2, 0.25) is 0 Å². The summed E-state index contributed by atoms with van der Waals surface area (Å²) < 4.78 is 22.0. The molecule has 196 valence electrons. The van der Waals surface area contributed by atoms with Crippen molar-refractivity contribution in [3.8, 4) is 23.0 Å². The minimum atomic E-state index is -0.682. The van der Waals surface area contributed by atoms with E-state index >= 15 is 0 Å². The molecule has 0 radical (unpaired) electrons. The fourth-order valence-corrected chi connectivity index (χ4v) is 5.58. The van der Waals surface area contributed by atoms with E-state index in [2.05, 4.69) is 21.2 Å². The SMILES string of the molecule is CCOc1cc(C2C(C(=O)OC)=C(C)NC3=C2C(=O)CC(c2ccc(OC)c(OC)c2)C3)cc(Br)c1O. The predicted molar refractivity (Wildman–Crippen MR) is 141 cm³/mol. The molecule has 0 saturated carbocycles. The van der Waals surface area contributed by atoms with Gasteiger partial charge in [-0.1, -0.05) is 6.07 Å². The Labute approximate surface area is 224 Å². The zero-order chi connectivity index (χ0) is 26.9. The maximum atomic E-state index is 13.8. The second-order valence-electron chi connectivity index (χ2n) is 8.91. The Kier molecular flexibility index (Phi) is 7.82. The van der Waals surface area contributed by atoms with Gasteiger partial charge in [0.05, 0.1) is 38.0 Å². The molecule has 2 atom stereocenters. The number of benzene rings is 2. The van der Waals surface area contributed by atoms with Gasteiger partial charge in [0.25, 0.3) is 0 Å². The van der Waals surface area contributed by atoms with Crippen LogP contribution in [0.15, 0.2) is 57.3 Å². The summed E-state index contributed by atoms with van der Waals surface area (Å²) in [6.07, 6.45) is 0.827. The highest BCUT2D eigenvalue weighted by Gasteiger charge is 2.42. The fourth-order valence-electron chi connectivity index (χ4n) is 5.12. The van der Waals surface area contributed by atoms with Crippen LogP contribution in [-0.4, -0.2) is 44.8 Å². The van der Waals surface area contributed by atoms with Gasteiger partial charge < -0.3 is 29.4 Å². The quantitative estimate of drug-likeness (QED) is 0.442. The van der Waals surface area contributed by atoms with Crippen molar-refractivity contribution in [1.82, 2.24) is 5.32 Å². The maximum absolute atomic E-state index is 13.8. The summed E-state index contributed by atoms with van der Waals surface area (Å²) in [5.74, 6) is 0.0687. The number of nitrogens with one attached hydrogen (secondary N) is 1. The lowest BCUT2D eigenvalue weighted by molar-refractivity contribution is -0.136. The molecule has 0 aromatic heterocycles. The van der Waals surface area contributed by atoms with Crippen molar-refractivity contribution in [3.63, 3.8) is 0 Å². The van der Waals surface area contributed by atoms with Crippen LogP contribution in [0, 0.1) is 0 Å². The summed E-state index contributed by atoms with van der Waals surface area (Å²) in [7, 11) is 4.48. The normalized spacial score (nSPS) is 19.2. The second-order valence-corrected chi connectivity index (χ2v) is 9.76. The summed E-state index contributed by atoms with van der Waals surface area (Å²) in [6, 6.07) is 9.07. The van der Waals surface area contributed by atoms with E-state index in [1.54, 1.807) is 33.3 Å². The summed E-state index contributed by atoms with van der Waals surface area (Å²) in [5.41, 5.74) is 3.83.